The Morgan fingerprint density at radius 3 is 2.08 bits per heavy atom. The van der Waals surface area contributed by atoms with E-state index in [1.165, 1.54) is 0 Å². The molecular weight excluding hydrogens is 182 g/mol. The fourth-order valence-corrected chi connectivity index (χ4v) is 1.56. The van der Waals surface area contributed by atoms with Crippen LogP contribution in [0.5, 0.6) is 0 Å². The van der Waals surface area contributed by atoms with Crippen molar-refractivity contribution in [2.75, 3.05) is 0 Å². The summed E-state index contributed by atoms with van der Waals surface area (Å²) in [6.45, 7) is 6.30. The lowest BCUT2D eigenvalue weighted by Gasteiger charge is -2.20. The highest BCUT2D eigenvalue weighted by atomic mass is 35.5. The van der Waals surface area contributed by atoms with Gasteiger partial charge >= 0.3 is 0 Å². The van der Waals surface area contributed by atoms with E-state index in [1.807, 2.05) is 30.3 Å². The summed E-state index contributed by atoms with van der Waals surface area (Å²) >= 11 is 5.57. The number of benzene rings is 1. The van der Waals surface area contributed by atoms with E-state index in [1.54, 1.807) is 0 Å². The summed E-state index contributed by atoms with van der Waals surface area (Å²) in [7, 11) is 0. The predicted octanol–water partition coefficient (Wildman–Crippen LogP) is 3.68. The molecule has 0 aromatic heterocycles. The molecule has 0 saturated carbocycles. The van der Waals surface area contributed by atoms with E-state index in [9.17, 15) is 0 Å². The monoisotopic (exact) mass is 195 g/mol. The van der Waals surface area contributed by atoms with Gasteiger partial charge in [0.1, 0.15) is 0 Å². The Balaban J connectivity index is 3.08. The molecule has 0 aliphatic heterocycles. The zero-order valence-electron chi connectivity index (χ0n) is 8.21. The van der Waals surface area contributed by atoms with Crippen LogP contribution in [-0.2, 0) is 0 Å². The molecule has 0 spiro atoms. The van der Waals surface area contributed by atoms with Gasteiger partial charge in [-0.1, -0.05) is 51.1 Å². The Bertz CT molecular complexity index is 296. The van der Waals surface area contributed by atoms with Crippen molar-refractivity contribution in [1.29, 1.82) is 0 Å². The minimum Gasteiger partial charge on any atom is -0.181 e. The number of rotatable bonds is 1. The number of hydrogen-bond acceptors (Lipinski definition) is 1. The normalized spacial score (nSPS) is 13.1. The fraction of sp³-hybridized carbons (Fsp3) is 0.364. The van der Waals surface area contributed by atoms with Crippen LogP contribution in [0.4, 0.5) is 0 Å². The molecule has 1 aromatic carbocycles. The molecule has 70 valence electrons. The maximum absolute atomic E-state index is 5.57. The number of hydrogen-bond donors (Lipinski definition) is 0. The zero-order valence-corrected chi connectivity index (χ0v) is 8.97. The van der Waals surface area contributed by atoms with Crippen LogP contribution < -0.4 is 0 Å². The average Bonchev–Trinajstić information content (AvgIpc) is 2.05. The summed E-state index contributed by atoms with van der Waals surface area (Å²) < 4.78 is 3.82. The Labute approximate surface area is 84.6 Å². The second kappa shape index (κ2) is 3.93. The van der Waals surface area contributed by atoms with Crippen LogP contribution in [0.1, 0.15) is 26.3 Å². The highest BCUT2D eigenvalue weighted by Crippen LogP contribution is 2.22. The van der Waals surface area contributed by atoms with Gasteiger partial charge in [0.25, 0.3) is 0 Å². The summed E-state index contributed by atoms with van der Waals surface area (Å²) in [5, 5.41) is 0. The summed E-state index contributed by atoms with van der Waals surface area (Å²) in [6, 6.07) is 10.0. The summed E-state index contributed by atoms with van der Waals surface area (Å²) in [4.78, 5) is 0. The highest BCUT2D eigenvalue weighted by Gasteiger charge is 2.20. The summed E-state index contributed by atoms with van der Waals surface area (Å²) in [5.41, 5.74) is 2.00. The maximum atomic E-state index is 5.57. The standard InChI is InChI=1S/C11H14ClN/c1-11(2,3)10(13-12)9-7-5-4-6-8-9/h4-8H,1-3H3/b13-10+. The first-order valence-electron chi connectivity index (χ1n) is 4.30. The smallest absolute Gasteiger partial charge is 0.0676 e. The second-order valence-electron chi connectivity index (χ2n) is 4.05. The van der Waals surface area contributed by atoms with Gasteiger partial charge in [-0.15, -0.1) is 0 Å². The molecule has 1 nitrogen and oxygen atoms in total. The molecular formula is C11H14ClN. The van der Waals surface area contributed by atoms with Crippen LogP contribution in [0, 0.1) is 5.41 Å². The van der Waals surface area contributed by atoms with Gasteiger partial charge in [0, 0.05) is 17.2 Å². The maximum Gasteiger partial charge on any atom is 0.0676 e. The second-order valence-corrected chi connectivity index (χ2v) is 4.22. The molecule has 0 N–H and O–H groups in total. The third kappa shape index (κ3) is 2.56. The SMILES string of the molecule is CC(C)(C)/C(=N/Cl)c1ccccc1. The molecule has 0 radical (unpaired) electrons. The van der Waals surface area contributed by atoms with Crippen LogP contribution in [0.25, 0.3) is 0 Å². The van der Waals surface area contributed by atoms with Gasteiger partial charge in [-0.25, -0.2) is 0 Å². The van der Waals surface area contributed by atoms with Crippen LogP contribution in [0.3, 0.4) is 0 Å². The molecule has 2 heteroatoms. The summed E-state index contributed by atoms with van der Waals surface area (Å²) in [5.74, 6) is 0. The topological polar surface area (TPSA) is 12.4 Å². The fourth-order valence-electron chi connectivity index (χ4n) is 1.20. The van der Waals surface area contributed by atoms with Crippen LogP contribution in [0.15, 0.2) is 34.8 Å². The largest absolute Gasteiger partial charge is 0.181 e. The van der Waals surface area contributed by atoms with Crippen LogP contribution in [0.2, 0.25) is 0 Å². The van der Waals surface area contributed by atoms with Crippen LogP contribution in [-0.4, -0.2) is 5.71 Å². The van der Waals surface area contributed by atoms with Crippen LogP contribution >= 0.6 is 11.8 Å². The van der Waals surface area contributed by atoms with Crippen molar-refractivity contribution in [2.24, 2.45) is 9.93 Å². The molecule has 0 aliphatic carbocycles. The first-order chi connectivity index (χ1) is 6.05. The van der Waals surface area contributed by atoms with Crippen molar-refractivity contribution in [3.63, 3.8) is 0 Å². The number of halogens is 1. The van der Waals surface area contributed by atoms with E-state index >= 15 is 0 Å². The van der Waals surface area contributed by atoms with Gasteiger partial charge in [-0.3, -0.25) is 0 Å². The Morgan fingerprint density at radius 2 is 1.69 bits per heavy atom. The van der Waals surface area contributed by atoms with E-state index in [0.717, 1.165) is 11.3 Å². The number of nitrogens with zero attached hydrogens (tertiary/aromatic N) is 1. The average molecular weight is 196 g/mol. The zero-order chi connectivity index (χ0) is 9.90. The molecule has 1 aromatic rings. The third-order valence-corrected chi connectivity index (χ3v) is 2.01. The van der Waals surface area contributed by atoms with Crippen molar-refractivity contribution in [3.8, 4) is 0 Å². The van der Waals surface area contributed by atoms with Gasteiger partial charge in [0.2, 0.25) is 0 Å². The van der Waals surface area contributed by atoms with Gasteiger partial charge < -0.3 is 0 Å². The molecule has 0 bridgehead atoms. The van der Waals surface area contributed by atoms with E-state index in [2.05, 4.69) is 25.3 Å². The van der Waals surface area contributed by atoms with Crippen molar-refractivity contribution in [3.05, 3.63) is 35.9 Å². The van der Waals surface area contributed by atoms with Gasteiger partial charge in [0.15, 0.2) is 0 Å². The Kier molecular flexibility index (Phi) is 3.10. The molecule has 0 aliphatic rings. The van der Waals surface area contributed by atoms with Gasteiger partial charge in [0.05, 0.1) is 5.71 Å². The molecule has 0 unspecified atom stereocenters. The minimum absolute atomic E-state index is 0.0108. The first-order valence-corrected chi connectivity index (χ1v) is 4.64. The van der Waals surface area contributed by atoms with E-state index in [4.69, 9.17) is 11.8 Å². The lowest BCUT2D eigenvalue weighted by atomic mass is 9.86. The molecule has 13 heavy (non-hydrogen) atoms. The lowest BCUT2D eigenvalue weighted by molar-refractivity contribution is 0.593. The molecule has 1 rings (SSSR count). The molecule has 0 fully saturated rings. The van der Waals surface area contributed by atoms with E-state index in [0.29, 0.717) is 0 Å². The predicted molar refractivity (Wildman–Crippen MR) is 58.3 cm³/mol. The molecule has 0 saturated heterocycles. The molecule has 0 amide bonds. The lowest BCUT2D eigenvalue weighted by Crippen LogP contribution is -2.20. The van der Waals surface area contributed by atoms with E-state index < -0.39 is 0 Å². The third-order valence-electron chi connectivity index (χ3n) is 1.84. The van der Waals surface area contributed by atoms with E-state index in [-0.39, 0.29) is 5.41 Å². The summed E-state index contributed by atoms with van der Waals surface area (Å²) in [6.07, 6.45) is 0. The molecule has 0 atom stereocenters. The van der Waals surface area contributed by atoms with Crippen molar-refractivity contribution < 1.29 is 0 Å². The van der Waals surface area contributed by atoms with Crippen molar-refractivity contribution in [2.45, 2.75) is 20.8 Å². The van der Waals surface area contributed by atoms with Crippen molar-refractivity contribution >= 4 is 17.5 Å². The van der Waals surface area contributed by atoms with Crippen molar-refractivity contribution in [1.82, 2.24) is 0 Å². The van der Waals surface area contributed by atoms with Gasteiger partial charge in [-0.05, 0) is 5.56 Å². The van der Waals surface area contributed by atoms with Gasteiger partial charge in [-0.2, -0.15) is 4.51 Å². The first kappa shape index (κ1) is 10.3. The minimum atomic E-state index is -0.0108. The molecule has 0 heterocycles. The highest BCUT2D eigenvalue weighted by molar-refractivity contribution is 6.23. The Morgan fingerprint density at radius 1 is 1.15 bits per heavy atom. The quantitative estimate of drug-likeness (QED) is 0.607. The Hall–Kier alpha value is -0.820.